The SMILES string of the molecule is CC(C)(C)CSCC1SC(COC(C)(C)C)SC(COC(C)(C)C)S1. The third-order valence-electron chi connectivity index (χ3n) is 3.00. The van der Waals surface area contributed by atoms with Gasteiger partial charge in [0.25, 0.3) is 0 Å². The summed E-state index contributed by atoms with van der Waals surface area (Å²) in [6, 6.07) is 0. The van der Waals surface area contributed by atoms with Crippen molar-refractivity contribution in [3.8, 4) is 0 Å². The van der Waals surface area contributed by atoms with E-state index in [0.29, 0.717) is 19.2 Å². The summed E-state index contributed by atoms with van der Waals surface area (Å²) in [7, 11) is 0. The molecule has 0 aromatic carbocycles. The van der Waals surface area contributed by atoms with Gasteiger partial charge in [0.05, 0.1) is 38.2 Å². The van der Waals surface area contributed by atoms with Crippen LogP contribution in [0.15, 0.2) is 0 Å². The molecule has 1 aliphatic rings. The predicted molar refractivity (Wildman–Crippen MR) is 122 cm³/mol. The van der Waals surface area contributed by atoms with Gasteiger partial charge in [-0.15, -0.1) is 35.3 Å². The molecule has 1 rings (SSSR count). The van der Waals surface area contributed by atoms with Crippen molar-refractivity contribution in [1.82, 2.24) is 0 Å². The molecule has 2 nitrogen and oxygen atoms in total. The molecule has 150 valence electrons. The summed E-state index contributed by atoms with van der Waals surface area (Å²) in [5.74, 6) is 2.41. The summed E-state index contributed by atoms with van der Waals surface area (Å²) >= 11 is 8.28. The zero-order valence-electron chi connectivity index (χ0n) is 17.5. The fraction of sp³-hybridized carbons (Fsp3) is 1.00. The smallest absolute Gasteiger partial charge is 0.0759 e. The molecule has 0 radical (unpaired) electrons. The van der Waals surface area contributed by atoms with Gasteiger partial charge in [-0.25, -0.2) is 0 Å². The van der Waals surface area contributed by atoms with Crippen molar-refractivity contribution in [2.75, 3.05) is 24.7 Å². The summed E-state index contributed by atoms with van der Waals surface area (Å²) in [5.41, 5.74) is 0.256. The molecule has 0 N–H and O–H groups in total. The van der Waals surface area contributed by atoms with Crippen LogP contribution in [-0.4, -0.2) is 49.7 Å². The Labute approximate surface area is 173 Å². The Morgan fingerprint density at radius 1 is 0.680 bits per heavy atom. The zero-order valence-corrected chi connectivity index (χ0v) is 20.8. The molecular weight excluding hydrogens is 388 g/mol. The minimum Gasteiger partial charge on any atom is -0.374 e. The second-order valence-corrected chi connectivity index (χ2v) is 15.8. The van der Waals surface area contributed by atoms with Crippen LogP contribution in [0.4, 0.5) is 0 Å². The van der Waals surface area contributed by atoms with Crippen molar-refractivity contribution in [1.29, 1.82) is 0 Å². The lowest BCUT2D eigenvalue weighted by atomic mass is 10.0. The fourth-order valence-electron chi connectivity index (χ4n) is 1.94. The first kappa shape index (κ1) is 24.4. The van der Waals surface area contributed by atoms with E-state index in [1.165, 1.54) is 11.5 Å². The van der Waals surface area contributed by atoms with Crippen molar-refractivity contribution in [2.24, 2.45) is 5.41 Å². The van der Waals surface area contributed by atoms with Crippen LogP contribution < -0.4 is 0 Å². The number of ether oxygens (including phenoxy) is 2. The molecule has 1 fully saturated rings. The Morgan fingerprint density at radius 3 is 1.44 bits per heavy atom. The second kappa shape index (κ2) is 10.2. The van der Waals surface area contributed by atoms with Gasteiger partial charge in [0.2, 0.25) is 0 Å². The highest BCUT2D eigenvalue weighted by molar-refractivity contribution is 8.34. The molecule has 6 heteroatoms. The Bertz CT molecular complexity index is 356. The molecule has 0 amide bonds. The van der Waals surface area contributed by atoms with Gasteiger partial charge in [-0.05, 0) is 52.7 Å². The molecular formula is C19H38O2S4. The van der Waals surface area contributed by atoms with Crippen molar-refractivity contribution in [3.05, 3.63) is 0 Å². The molecule has 2 atom stereocenters. The van der Waals surface area contributed by atoms with Gasteiger partial charge >= 0.3 is 0 Å². The van der Waals surface area contributed by atoms with E-state index in [2.05, 4.69) is 97.6 Å². The summed E-state index contributed by atoms with van der Waals surface area (Å²) in [4.78, 5) is 0. The monoisotopic (exact) mass is 426 g/mol. The van der Waals surface area contributed by atoms with Crippen LogP contribution in [-0.2, 0) is 9.47 Å². The van der Waals surface area contributed by atoms with Crippen molar-refractivity contribution < 1.29 is 9.47 Å². The standard InChI is InChI=1S/C19H38O2S4/c1-17(2,3)13-22-12-16-24-14(10-20-18(4,5)6)23-15(25-16)11-21-19(7,8)9/h14-16H,10-13H2,1-9H3. The van der Waals surface area contributed by atoms with Crippen LogP contribution in [0.25, 0.3) is 0 Å². The Balaban J connectivity index is 2.56. The topological polar surface area (TPSA) is 18.5 Å². The van der Waals surface area contributed by atoms with E-state index >= 15 is 0 Å². The van der Waals surface area contributed by atoms with Gasteiger partial charge in [-0.1, -0.05) is 20.8 Å². The van der Waals surface area contributed by atoms with E-state index in [1.54, 1.807) is 0 Å². The average Bonchev–Trinajstić information content (AvgIpc) is 2.40. The number of rotatable bonds is 7. The van der Waals surface area contributed by atoms with Gasteiger partial charge in [0.1, 0.15) is 0 Å². The lowest BCUT2D eigenvalue weighted by Gasteiger charge is -2.36. The summed E-state index contributed by atoms with van der Waals surface area (Å²) < 4.78 is 13.8. The first-order valence-corrected chi connectivity index (χ1v) is 13.0. The van der Waals surface area contributed by atoms with Gasteiger partial charge in [-0.2, -0.15) is 11.8 Å². The van der Waals surface area contributed by atoms with Crippen LogP contribution in [0.2, 0.25) is 0 Å². The van der Waals surface area contributed by atoms with Crippen LogP contribution in [0.1, 0.15) is 62.3 Å². The number of hydrogen-bond donors (Lipinski definition) is 0. The normalized spacial score (nSPS) is 26.0. The molecule has 0 aliphatic carbocycles. The first-order chi connectivity index (χ1) is 11.2. The molecule has 0 bridgehead atoms. The van der Waals surface area contributed by atoms with E-state index in [1.807, 2.05) is 11.8 Å². The predicted octanol–water partition coefficient (Wildman–Crippen LogP) is 6.59. The average molecular weight is 427 g/mol. The molecule has 0 saturated carbocycles. The summed E-state index contributed by atoms with van der Waals surface area (Å²) in [6.07, 6.45) is 0. The van der Waals surface area contributed by atoms with Crippen LogP contribution >= 0.6 is 47.0 Å². The van der Waals surface area contributed by atoms with E-state index in [9.17, 15) is 0 Å². The highest BCUT2D eigenvalue weighted by Crippen LogP contribution is 2.48. The van der Waals surface area contributed by atoms with E-state index in [4.69, 9.17) is 9.47 Å². The number of hydrogen-bond acceptors (Lipinski definition) is 6. The third-order valence-corrected chi connectivity index (χ3v) is 9.76. The fourth-order valence-corrected chi connectivity index (χ4v) is 9.48. The maximum atomic E-state index is 6.07. The minimum absolute atomic E-state index is 0.0698. The van der Waals surface area contributed by atoms with Gasteiger partial charge in [0, 0.05) is 5.75 Å². The molecule has 0 aromatic rings. The van der Waals surface area contributed by atoms with E-state index < -0.39 is 0 Å². The summed E-state index contributed by atoms with van der Waals surface area (Å²) in [5, 5.41) is 0. The van der Waals surface area contributed by atoms with Crippen LogP contribution in [0.5, 0.6) is 0 Å². The Kier molecular flexibility index (Phi) is 9.94. The lowest BCUT2D eigenvalue weighted by Crippen LogP contribution is -2.31. The zero-order chi connectivity index (χ0) is 19.3. The van der Waals surface area contributed by atoms with Crippen molar-refractivity contribution in [2.45, 2.75) is 87.3 Å². The van der Waals surface area contributed by atoms with Gasteiger partial charge in [0.15, 0.2) is 0 Å². The summed E-state index contributed by atoms with van der Waals surface area (Å²) in [6.45, 7) is 21.4. The molecule has 25 heavy (non-hydrogen) atoms. The molecule has 0 spiro atoms. The maximum Gasteiger partial charge on any atom is 0.0759 e. The highest BCUT2D eigenvalue weighted by Gasteiger charge is 2.32. The lowest BCUT2D eigenvalue weighted by molar-refractivity contribution is 0.00252. The minimum atomic E-state index is -0.0698. The maximum absolute atomic E-state index is 6.07. The van der Waals surface area contributed by atoms with Crippen LogP contribution in [0, 0.1) is 5.41 Å². The quantitative estimate of drug-likeness (QED) is 0.454. The molecule has 1 saturated heterocycles. The van der Waals surface area contributed by atoms with Crippen LogP contribution in [0.3, 0.4) is 0 Å². The molecule has 1 aliphatic heterocycles. The first-order valence-electron chi connectivity index (χ1n) is 9.06. The second-order valence-electron chi connectivity index (χ2n) is 9.62. The Hall–Kier alpha value is 1.32. The highest BCUT2D eigenvalue weighted by atomic mass is 32.3. The van der Waals surface area contributed by atoms with Gasteiger partial charge < -0.3 is 9.47 Å². The number of thioether (sulfide) groups is 4. The largest absolute Gasteiger partial charge is 0.374 e. The third kappa shape index (κ3) is 13.2. The van der Waals surface area contributed by atoms with Gasteiger partial charge in [-0.3, -0.25) is 0 Å². The van der Waals surface area contributed by atoms with E-state index in [-0.39, 0.29) is 11.2 Å². The van der Waals surface area contributed by atoms with E-state index in [0.717, 1.165) is 13.2 Å². The molecule has 0 aromatic heterocycles. The molecule has 2 unspecified atom stereocenters. The van der Waals surface area contributed by atoms with Crippen molar-refractivity contribution >= 4 is 47.0 Å². The Morgan fingerprint density at radius 2 is 1.08 bits per heavy atom. The van der Waals surface area contributed by atoms with Crippen molar-refractivity contribution in [3.63, 3.8) is 0 Å². The molecule has 1 heterocycles.